The molecule has 0 saturated heterocycles. The Bertz CT molecular complexity index is 117. The molecule has 2 heteroatoms. The lowest BCUT2D eigenvalue weighted by molar-refractivity contribution is 0.248. The summed E-state index contributed by atoms with van der Waals surface area (Å²) in [6.45, 7) is 8.32. The first-order valence-corrected chi connectivity index (χ1v) is 6.09. The van der Waals surface area contributed by atoms with E-state index in [2.05, 4.69) is 18.7 Å². The summed E-state index contributed by atoms with van der Waals surface area (Å²) in [5.41, 5.74) is 0. The van der Waals surface area contributed by atoms with Crippen molar-refractivity contribution in [3.05, 3.63) is 0 Å². The molecule has 0 unspecified atom stereocenters. The van der Waals surface area contributed by atoms with Crippen LogP contribution in [0, 0.1) is 5.92 Å². The standard InChI is InChI=1S/C12H25N.ClH/c1-3-13(4-2)11-10-12-8-6-5-7-9-12;/h12H,3-11H2,1-2H3;1H. The van der Waals surface area contributed by atoms with Gasteiger partial charge in [-0.3, -0.25) is 0 Å². The highest BCUT2D eigenvalue weighted by Crippen LogP contribution is 2.26. The van der Waals surface area contributed by atoms with Crippen LogP contribution in [0.25, 0.3) is 0 Å². The number of halogens is 1. The summed E-state index contributed by atoms with van der Waals surface area (Å²) in [4.78, 5) is 2.55. The number of hydrogen-bond donors (Lipinski definition) is 0. The molecule has 86 valence electrons. The van der Waals surface area contributed by atoms with Crippen molar-refractivity contribution in [1.82, 2.24) is 4.90 Å². The molecule has 0 atom stereocenters. The van der Waals surface area contributed by atoms with Gasteiger partial charge in [-0.25, -0.2) is 0 Å². The molecule has 1 saturated carbocycles. The summed E-state index contributed by atoms with van der Waals surface area (Å²) in [7, 11) is 0. The smallest absolute Gasteiger partial charge is 0.00163 e. The first-order chi connectivity index (χ1) is 6.36. The SMILES string of the molecule is CCN(CC)CCC1CCCCC1.Cl. The van der Waals surface area contributed by atoms with Crippen LogP contribution in [0.15, 0.2) is 0 Å². The monoisotopic (exact) mass is 219 g/mol. The van der Waals surface area contributed by atoms with Crippen LogP contribution in [-0.2, 0) is 0 Å². The van der Waals surface area contributed by atoms with Crippen LogP contribution in [0.2, 0.25) is 0 Å². The first-order valence-electron chi connectivity index (χ1n) is 6.09. The van der Waals surface area contributed by atoms with E-state index in [4.69, 9.17) is 0 Å². The first kappa shape index (κ1) is 14.2. The predicted molar refractivity (Wildman–Crippen MR) is 66.2 cm³/mol. The maximum atomic E-state index is 2.55. The largest absolute Gasteiger partial charge is 0.304 e. The third kappa shape index (κ3) is 5.21. The lowest BCUT2D eigenvalue weighted by Gasteiger charge is -2.25. The molecule has 1 nitrogen and oxygen atoms in total. The van der Waals surface area contributed by atoms with Gasteiger partial charge in [0.05, 0.1) is 0 Å². The molecular weight excluding hydrogens is 194 g/mol. The van der Waals surface area contributed by atoms with Gasteiger partial charge >= 0.3 is 0 Å². The summed E-state index contributed by atoms with van der Waals surface area (Å²) < 4.78 is 0. The molecule has 0 radical (unpaired) electrons. The molecular formula is C12H26ClN. The molecule has 0 aliphatic heterocycles. The van der Waals surface area contributed by atoms with Gasteiger partial charge in [0.15, 0.2) is 0 Å². The molecule has 1 fully saturated rings. The molecule has 14 heavy (non-hydrogen) atoms. The van der Waals surface area contributed by atoms with Crippen molar-refractivity contribution in [2.24, 2.45) is 5.92 Å². The zero-order valence-corrected chi connectivity index (χ0v) is 10.6. The lowest BCUT2D eigenvalue weighted by Crippen LogP contribution is -2.26. The summed E-state index contributed by atoms with van der Waals surface area (Å²) in [6.07, 6.45) is 8.91. The maximum Gasteiger partial charge on any atom is -0.00163 e. The highest BCUT2D eigenvalue weighted by molar-refractivity contribution is 5.85. The second kappa shape index (κ2) is 8.55. The van der Waals surface area contributed by atoms with E-state index in [-0.39, 0.29) is 12.4 Å². The van der Waals surface area contributed by atoms with E-state index < -0.39 is 0 Å². The van der Waals surface area contributed by atoms with Crippen molar-refractivity contribution < 1.29 is 0 Å². The summed E-state index contributed by atoms with van der Waals surface area (Å²) >= 11 is 0. The molecule has 0 bridgehead atoms. The predicted octanol–water partition coefficient (Wildman–Crippen LogP) is 3.72. The van der Waals surface area contributed by atoms with Gasteiger partial charge in [0.1, 0.15) is 0 Å². The Labute approximate surface area is 95.7 Å². The number of hydrogen-bond acceptors (Lipinski definition) is 1. The minimum atomic E-state index is 0. The topological polar surface area (TPSA) is 3.24 Å². The Morgan fingerprint density at radius 2 is 1.57 bits per heavy atom. The minimum Gasteiger partial charge on any atom is -0.304 e. The molecule has 0 aromatic heterocycles. The van der Waals surface area contributed by atoms with Crippen LogP contribution in [0.4, 0.5) is 0 Å². The van der Waals surface area contributed by atoms with Crippen LogP contribution in [-0.4, -0.2) is 24.5 Å². The van der Waals surface area contributed by atoms with E-state index >= 15 is 0 Å². The minimum absolute atomic E-state index is 0. The zero-order valence-electron chi connectivity index (χ0n) is 9.80. The Morgan fingerprint density at radius 3 is 2.07 bits per heavy atom. The van der Waals surface area contributed by atoms with Gasteiger partial charge in [-0.15, -0.1) is 12.4 Å². The highest BCUT2D eigenvalue weighted by Gasteiger charge is 2.13. The Balaban J connectivity index is 0.00000169. The fourth-order valence-electron chi connectivity index (χ4n) is 2.38. The normalized spacial score (nSPS) is 18.2. The third-order valence-corrected chi connectivity index (χ3v) is 3.47. The van der Waals surface area contributed by atoms with Crippen LogP contribution in [0.3, 0.4) is 0 Å². The van der Waals surface area contributed by atoms with Crippen molar-refractivity contribution >= 4 is 12.4 Å². The quantitative estimate of drug-likeness (QED) is 0.682. The molecule has 0 N–H and O–H groups in total. The molecule has 0 heterocycles. The van der Waals surface area contributed by atoms with Gasteiger partial charge < -0.3 is 4.90 Å². The lowest BCUT2D eigenvalue weighted by atomic mass is 9.87. The number of rotatable bonds is 5. The van der Waals surface area contributed by atoms with Crippen molar-refractivity contribution in [2.75, 3.05) is 19.6 Å². The van der Waals surface area contributed by atoms with Gasteiger partial charge in [-0.05, 0) is 32.0 Å². The zero-order chi connectivity index (χ0) is 9.52. The van der Waals surface area contributed by atoms with Crippen molar-refractivity contribution in [3.63, 3.8) is 0 Å². The summed E-state index contributed by atoms with van der Waals surface area (Å²) in [5, 5.41) is 0. The highest BCUT2D eigenvalue weighted by atomic mass is 35.5. The maximum absolute atomic E-state index is 2.55. The van der Waals surface area contributed by atoms with Crippen LogP contribution in [0.5, 0.6) is 0 Å². The molecule has 0 aromatic carbocycles. The number of nitrogens with zero attached hydrogens (tertiary/aromatic N) is 1. The van der Waals surface area contributed by atoms with Crippen LogP contribution in [0.1, 0.15) is 52.4 Å². The second-order valence-corrected chi connectivity index (χ2v) is 4.32. The van der Waals surface area contributed by atoms with Crippen molar-refractivity contribution in [2.45, 2.75) is 52.4 Å². The molecule has 1 aliphatic rings. The summed E-state index contributed by atoms with van der Waals surface area (Å²) in [6, 6.07) is 0. The van der Waals surface area contributed by atoms with E-state index in [1.54, 1.807) is 0 Å². The second-order valence-electron chi connectivity index (χ2n) is 4.32. The Kier molecular flexibility index (Phi) is 8.70. The van der Waals surface area contributed by atoms with E-state index in [1.165, 1.54) is 58.2 Å². The van der Waals surface area contributed by atoms with E-state index in [0.29, 0.717) is 0 Å². The van der Waals surface area contributed by atoms with Crippen LogP contribution >= 0.6 is 12.4 Å². The van der Waals surface area contributed by atoms with E-state index in [0.717, 1.165) is 5.92 Å². The fourth-order valence-corrected chi connectivity index (χ4v) is 2.38. The molecule has 0 aromatic rings. The molecule has 0 spiro atoms. The van der Waals surface area contributed by atoms with Gasteiger partial charge in [0.2, 0.25) is 0 Å². The fraction of sp³-hybridized carbons (Fsp3) is 1.00. The Morgan fingerprint density at radius 1 is 1.00 bits per heavy atom. The average Bonchev–Trinajstić information content (AvgIpc) is 2.21. The van der Waals surface area contributed by atoms with Gasteiger partial charge in [0.25, 0.3) is 0 Å². The van der Waals surface area contributed by atoms with Crippen LogP contribution < -0.4 is 0 Å². The van der Waals surface area contributed by atoms with Crippen molar-refractivity contribution in [1.29, 1.82) is 0 Å². The summed E-state index contributed by atoms with van der Waals surface area (Å²) in [5.74, 6) is 1.05. The van der Waals surface area contributed by atoms with E-state index in [1.807, 2.05) is 0 Å². The molecule has 1 rings (SSSR count). The molecule has 0 amide bonds. The van der Waals surface area contributed by atoms with Crippen molar-refractivity contribution in [3.8, 4) is 0 Å². The van der Waals surface area contributed by atoms with Gasteiger partial charge in [-0.2, -0.15) is 0 Å². The molecule has 1 aliphatic carbocycles. The Hall–Kier alpha value is 0.250. The van der Waals surface area contributed by atoms with E-state index in [9.17, 15) is 0 Å². The van der Waals surface area contributed by atoms with Gasteiger partial charge in [-0.1, -0.05) is 46.0 Å². The average molecular weight is 220 g/mol. The van der Waals surface area contributed by atoms with Gasteiger partial charge in [0, 0.05) is 0 Å². The third-order valence-electron chi connectivity index (χ3n) is 3.47.